The first-order chi connectivity index (χ1) is 12.6. The summed E-state index contributed by atoms with van der Waals surface area (Å²) in [5.74, 6) is 0.644. The average molecular weight is 358 g/mol. The van der Waals surface area contributed by atoms with Gasteiger partial charge in [-0.3, -0.25) is 9.78 Å². The van der Waals surface area contributed by atoms with Crippen molar-refractivity contribution in [2.45, 2.75) is 6.92 Å². The minimum absolute atomic E-state index is 0.0764. The Labute approximate surface area is 151 Å². The predicted octanol–water partition coefficient (Wildman–Crippen LogP) is 1.28. The first-order valence-electron chi connectivity index (χ1n) is 8.52. The van der Waals surface area contributed by atoms with Crippen molar-refractivity contribution in [1.29, 1.82) is 0 Å². The van der Waals surface area contributed by atoms with E-state index < -0.39 is 11.5 Å². The maximum atomic E-state index is 12.1. The van der Waals surface area contributed by atoms with Gasteiger partial charge >= 0.3 is 5.97 Å². The van der Waals surface area contributed by atoms with Gasteiger partial charge in [-0.05, 0) is 31.2 Å². The van der Waals surface area contributed by atoms with E-state index in [2.05, 4.69) is 14.9 Å². The van der Waals surface area contributed by atoms with E-state index in [1.807, 2.05) is 29.2 Å². The van der Waals surface area contributed by atoms with Gasteiger partial charge < -0.3 is 19.3 Å². The maximum Gasteiger partial charge on any atom is 0.345 e. The number of nitrogens with one attached hydrogen (secondary N) is 1. The molecule has 0 bridgehead atoms. The molecule has 3 rings (SSSR count). The molecule has 1 fully saturated rings. The van der Waals surface area contributed by atoms with Crippen LogP contribution in [0.15, 0.2) is 35.3 Å². The minimum Gasteiger partial charge on any atom is -0.497 e. The largest absolute Gasteiger partial charge is 0.497 e. The molecular weight excluding hydrogens is 336 g/mol. The highest BCUT2D eigenvalue weighted by Gasteiger charge is 2.20. The average Bonchev–Trinajstić information content (AvgIpc) is 2.68. The molecule has 2 heterocycles. The van der Waals surface area contributed by atoms with Gasteiger partial charge in [-0.25, -0.2) is 9.78 Å². The zero-order chi connectivity index (χ0) is 18.5. The fourth-order valence-corrected chi connectivity index (χ4v) is 2.87. The molecule has 0 saturated carbocycles. The Kier molecular flexibility index (Phi) is 5.40. The standard InChI is InChI=1S/C18H22N4O4/c1-3-26-17(24)15-12-19-18(20-16(15)23)22-10-8-21(9-11-22)13-4-6-14(25-2)7-5-13/h4-7,12H,3,8-11H2,1-2H3,(H,19,20,23). The first-order valence-corrected chi connectivity index (χ1v) is 8.52. The van der Waals surface area contributed by atoms with Gasteiger partial charge in [-0.2, -0.15) is 0 Å². The van der Waals surface area contributed by atoms with E-state index in [1.54, 1.807) is 14.0 Å². The van der Waals surface area contributed by atoms with E-state index in [-0.39, 0.29) is 12.2 Å². The zero-order valence-corrected chi connectivity index (χ0v) is 14.9. The van der Waals surface area contributed by atoms with Crippen LogP contribution in [-0.4, -0.2) is 55.8 Å². The number of rotatable bonds is 5. The third-order valence-corrected chi connectivity index (χ3v) is 4.30. The molecule has 1 aromatic carbocycles. The molecule has 0 atom stereocenters. The number of methoxy groups -OCH3 is 1. The highest BCUT2D eigenvalue weighted by atomic mass is 16.5. The lowest BCUT2D eigenvalue weighted by Gasteiger charge is -2.36. The number of ether oxygens (including phenoxy) is 2. The Morgan fingerprint density at radius 3 is 2.38 bits per heavy atom. The number of piperazine rings is 1. The number of hydrogen-bond donors (Lipinski definition) is 1. The molecule has 0 radical (unpaired) electrons. The van der Waals surface area contributed by atoms with Crippen LogP contribution in [-0.2, 0) is 4.74 Å². The molecular formula is C18H22N4O4. The number of aromatic nitrogens is 2. The van der Waals surface area contributed by atoms with Crippen LogP contribution in [0.1, 0.15) is 17.3 Å². The van der Waals surface area contributed by atoms with Crippen molar-refractivity contribution < 1.29 is 14.3 Å². The van der Waals surface area contributed by atoms with Crippen molar-refractivity contribution in [3.63, 3.8) is 0 Å². The van der Waals surface area contributed by atoms with Crippen LogP contribution in [0.5, 0.6) is 5.75 Å². The fraction of sp³-hybridized carbons (Fsp3) is 0.389. The second-order valence-electron chi connectivity index (χ2n) is 5.84. The first kappa shape index (κ1) is 17.8. The van der Waals surface area contributed by atoms with Gasteiger partial charge in [0.2, 0.25) is 5.95 Å². The Hall–Kier alpha value is -3.03. The number of hydrogen-bond acceptors (Lipinski definition) is 7. The quantitative estimate of drug-likeness (QED) is 0.806. The molecule has 1 saturated heterocycles. The molecule has 0 aliphatic carbocycles. The second-order valence-corrected chi connectivity index (χ2v) is 5.84. The summed E-state index contributed by atoms with van der Waals surface area (Å²) in [6.07, 6.45) is 1.28. The Balaban J connectivity index is 1.65. The van der Waals surface area contributed by atoms with Gasteiger partial charge in [0.25, 0.3) is 5.56 Å². The van der Waals surface area contributed by atoms with Crippen LogP contribution in [0.4, 0.5) is 11.6 Å². The summed E-state index contributed by atoms with van der Waals surface area (Å²) in [5.41, 5.74) is 0.572. The molecule has 0 spiro atoms. The summed E-state index contributed by atoms with van der Waals surface area (Å²) in [5, 5.41) is 0. The molecule has 2 aromatic rings. The monoisotopic (exact) mass is 358 g/mol. The zero-order valence-electron chi connectivity index (χ0n) is 14.9. The van der Waals surface area contributed by atoms with E-state index in [4.69, 9.17) is 9.47 Å². The number of anilines is 2. The van der Waals surface area contributed by atoms with Crippen LogP contribution in [0.25, 0.3) is 0 Å². The molecule has 26 heavy (non-hydrogen) atoms. The summed E-state index contributed by atoms with van der Waals surface area (Å²) in [6.45, 7) is 4.94. The summed E-state index contributed by atoms with van der Waals surface area (Å²) in [4.78, 5) is 34.9. The highest BCUT2D eigenvalue weighted by molar-refractivity contribution is 5.88. The SMILES string of the molecule is CCOC(=O)c1cnc(N2CCN(c3ccc(OC)cc3)CC2)[nH]c1=O. The minimum atomic E-state index is -0.655. The van der Waals surface area contributed by atoms with Gasteiger partial charge in [-0.15, -0.1) is 0 Å². The van der Waals surface area contributed by atoms with Crippen molar-refractivity contribution in [3.8, 4) is 5.75 Å². The highest BCUT2D eigenvalue weighted by Crippen LogP contribution is 2.21. The molecule has 1 N–H and O–H groups in total. The molecule has 0 unspecified atom stereocenters. The number of carbonyl (C=O) groups is 1. The molecule has 1 aliphatic rings. The summed E-state index contributed by atoms with van der Waals surface area (Å²) in [7, 11) is 1.65. The van der Waals surface area contributed by atoms with Crippen molar-refractivity contribution in [1.82, 2.24) is 9.97 Å². The van der Waals surface area contributed by atoms with Crippen LogP contribution in [0, 0.1) is 0 Å². The Morgan fingerprint density at radius 1 is 1.15 bits per heavy atom. The lowest BCUT2D eigenvalue weighted by atomic mass is 10.2. The molecule has 1 aliphatic heterocycles. The van der Waals surface area contributed by atoms with Crippen molar-refractivity contribution in [2.24, 2.45) is 0 Å². The number of H-pyrrole nitrogens is 1. The molecule has 138 valence electrons. The number of benzene rings is 1. The smallest absolute Gasteiger partial charge is 0.345 e. The van der Waals surface area contributed by atoms with Crippen molar-refractivity contribution >= 4 is 17.6 Å². The van der Waals surface area contributed by atoms with Crippen molar-refractivity contribution in [3.05, 3.63) is 46.4 Å². The normalized spacial score (nSPS) is 14.2. The van der Waals surface area contributed by atoms with Crippen LogP contribution in [0.3, 0.4) is 0 Å². The van der Waals surface area contributed by atoms with Gasteiger partial charge in [0, 0.05) is 31.9 Å². The maximum absolute atomic E-state index is 12.1. The summed E-state index contributed by atoms with van der Waals surface area (Å²) in [6, 6.07) is 7.94. The summed E-state index contributed by atoms with van der Waals surface area (Å²) >= 11 is 0. The number of esters is 1. The van der Waals surface area contributed by atoms with Crippen LogP contribution in [0.2, 0.25) is 0 Å². The lowest BCUT2D eigenvalue weighted by Crippen LogP contribution is -2.47. The molecule has 8 heteroatoms. The van der Waals surface area contributed by atoms with Gasteiger partial charge in [0.1, 0.15) is 11.3 Å². The van der Waals surface area contributed by atoms with Crippen LogP contribution >= 0.6 is 0 Å². The van der Waals surface area contributed by atoms with E-state index in [1.165, 1.54) is 6.20 Å². The second kappa shape index (κ2) is 7.90. The number of nitrogens with zero attached hydrogens (tertiary/aromatic N) is 3. The Morgan fingerprint density at radius 2 is 1.81 bits per heavy atom. The van der Waals surface area contributed by atoms with Gasteiger partial charge in [0.05, 0.1) is 19.9 Å². The Bertz CT molecular complexity index is 811. The predicted molar refractivity (Wildman–Crippen MR) is 98.2 cm³/mol. The topological polar surface area (TPSA) is 87.8 Å². The molecule has 8 nitrogen and oxygen atoms in total. The molecule has 1 aromatic heterocycles. The number of aromatic amines is 1. The van der Waals surface area contributed by atoms with Crippen molar-refractivity contribution in [2.75, 3.05) is 49.7 Å². The summed E-state index contributed by atoms with van der Waals surface area (Å²) < 4.78 is 10.0. The number of carbonyl (C=O) groups excluding carboxylic acids is 1. The van der Waals surface area contributed by atoms with E-state index in [0.29, 0.717) is 19.0 Å². The molecule has 0 amide bonds. The van der Waals surface area contributed by atoms with Gasteiger partial charge in [0.15, 0.2) is 0 Å². The third kappa shape index (κ3) is 3.79. The van der Waals surface area contributed by atoms with E-state index in [0.717, 1.165) is 24.5 Å². The van der Waals surface area contributed by atoms with Crippen LogP contribution < -0.4 is 20.1 Å². The fourth-order valence-electron chi connectivity index (χ4n) is 2.87. The lowest BCUT2D eigenvalue weighted by molar-refractivity contribution is 0.0523. The van der Waals surface area contributed by atoms with Gasteiger partial charge in [-0.1, -0.05) is 0 Å². The third-order valence-electron chi connectivity index (χ3n) is 4.30. The van der Waals surface area contributed by atoms with E-state index >= 15 is 0 Å². The van der Waals surface area contributed by atoms with E-state index in [9.17, 15) is 9.59 Å².